The van der Waals surface area contributed by atoms with Crippen molar-refractivity contribution in [3.63, 3.8) is 0 Å². The molecule has 1 aliphatic heterocycles. The van der Waals surface area contributed by atoms with E-state index in [2.05, 4.69) is 79.0 Å². The summed E-state index contributed by atoms with van der Waals surface area (Å²) in [6.07, 6.45) is 8.17. The van der Waals surface area contributed by atoms with Crippen LogP contribution in [0.2, 0.25) is 0 Å². The second kappa shape index (κ2) is 13.3. The first-order valence-electron chi connectivity index (χ1n) is 13.5. The van der Waals surface area contributed by atoms with E-state index in [9.17, 15) is 0 Å². The number of aromatic nitrogens is 1. The van der Waals surface area contributed by atoms with E-state index >= 15 is 0 Å². The van der Waals surface area contributed by atoms with Crippen molar-refractivity contribution >= 4 is 28.5 Å². The molecule has 0 amide bonds. The Balaban J connectivity index is 1.69. The number of anilines is 2. The summed E-state index contributed by atoms with van der Waals surface area (Å²) in [7, 11) is 4.03. The number of nitrogens with zero attached hydrogens (tertiary/aromatic N) is 4. The number of rotatable bonds is 12. The predicted molar refractivity (Wildman–Crippen MR) is 151 cm³/mol. The van der Waals surface area contributed by atoms with Crippen molar-refractivity contribution in [2.75, 3.05) is 56.5 Å². The number of hydrazone groups is 1. The number of unbranched alkanes of at least 4 members (excludes halogenated alkanes) is 2. The lowest BCUT2D eigenvalue weighted by Gasteiger charge is -2.31. The van der Waals surface area contributed by atoms with E-state index in [1.807, 2.05) is 18.3 Å². The van der Waals surface area contributed by atoms with Crippen molar-refractivity contribution in [3.05, 3.63) is 54.2 Å². The van der Waals surface area contributed by atoms with E-state index in [0.29, 0.717) is 13.2 Å². The van der Waals surface area contributed by atoms with Gasteiger partial charge in [0.25, 0.3) is 0 Å². The maximum Gasteiger partial charge on any atom is 0.212 e. The first-order chi connectivity index (χ1) is 18.1. The van der Waals surface area contributed by atoms with Crippen LogP contribution in [0.4, 0.5) is 11.4 Å². The smallest absolute Gasteiger partial charge is 0.212 e. The lowest BCUT2D eigenvalue weighted by molar-refractivity contribution is -0.644. The van der Waals surface area contributed by atoms with Crippen LogP contribution in [0.1, 0.15) is 45.1 Å². The number of aryl methyl sites for hydroxylation is 1. The molecule has 1 saturated heterocycles. The molecule has 198 valence electrons. The first kappa shape index (κ1) is 26.7. The standard InChI is InChI=1S/C30H41N4O3/c1-5-7-17-36-29-22-28(34-15-19-35-20-16-34)30(37-18-8-6-2)21-27(29)33(4)31-23-24-13-14-32(3)26-12-10-9-11-25(24)26/h9-14,21-23H,5-8,15-20H2,1-4H3/q+1. The monoisotopic (exact) mass is 505 g/mol. The molecule has 1 fully saturated rings. The van der Waals surface area contributed by atoms with E-state index in [1.165, 1.54) is 5.52 Å². The normalized spacial score (nSPS) is 13.9. The second-order valence-electron chi connectivity index (χ2n) is 9.46. The molecule has 37 heavy (non-hydrogen) atoms. The maximum absolute atomic E-state index is 6.32. The lowest BCUT2D eigenvalue weighted by Crippen LogP contribution is -2.36. The number of fused-ring (bicyclic) bond motifs is 1. The van der Waals surface area contributed by atoms with Crippen molar-refractivity contribution in [2.24, 2.45) is 12.1 Å². The van der Waals surface area contributed by atoms with Gasteiger partial charge in [0, 0.05) is 50.0 Å². The van der Waals surface area contributed by atoms with Gasteiger partial charge in [-0.25, -0.2) is 4.57 Å². The fraction of sp³-hybridized carbons (Fsp3) is 0.467. The zero-order valence-electron chi connectivity index (χ0n) is 22.8. The summed E-state index contributed by atoms with van der Waals surface area (Å²) in [6, 6.07) is 14.7. The number of morpholine rings is 1. The molecule has 0 spiro atoms. The Hall–Kier alpha value is -3.32. The van der Waals surface area contributed by atoms with E-state index in [1.54, 1.807) is 0 Å². The van der Waals surface area contributed by atoms with E-state index < -0.39 is 0 Å². The fourth-order valence-corrected chi connectivity index (χ4v) is 4.44. The van der Waals surface area contributed by atoms with Gasteiger partial charge in [-0.2, -0.15) is 5.10 Å². The number of hydrogen-bond donors (Lipinski definition) is 0. The van der Waals surface area contributed by atoms with Crippen LogP contribution in [0.5, 0.6) is 11.5 Å². The quantitative estimate of drug-likeness (QED) is 0.144. The van der Waals surface area contributed by atoms with E-state index in [-0.39, 0.29) is 0 Å². The third-order valence-corrected chi connectivity index (χ3v) is 6.69. The molecule has 0 aliphatic carbocycles. The van der Waals surface area contributed by atoms with Crippen LogP contribution in [0.15, 0.2) is 53.8 Å². The minimum Gasteiger partial charge on any atom is -0.491 e. The highest BCUT2D eigenvalue weighted by molar-refractivity contribution is 5.97. The molecular weight excluding hydrogens is 464 g/mol. The maximum atomic E-state index is 6.32. The number of hydrogen-bond acceptors (Lipinski definition) is 6. The molecule has 1 aromatic heterocycles. The molecule has 0 saturated carbocycles. The average molecular weight is 506 g/mol. The van der Waals surface area contributed by atoms with Crippen molar-refractivity contribution in [3.8, 4) is 11.5 Å². The number of ether oxygens (including phenoxy) is 3. The van der Waals surface area contributed by atoms with Crippen LogP contribution in [0.3, 0.4) is 0 Å². The van der Waals surface area contributed by atoms with E-state index in [0.717, 1.165) is 85.8 Å². The average Bonchev–Trinajstić information content (AvgIpc) is 2.93. The van der Waals surface area contributed by atoms with Gasteiger partial charge in [0.2, 0.25) is 5.52 Å². The van der Waals surface area contributed by atoms with Gasteiger partial charge in [-0.05, 0) is 18.9 Å². The van der Waals surface area contributed by atoms with Gasteiger partial charge >= 0.3 is 0 Å². The number of pyridine rings is 1. The molecule has 0 unspecified atom stereocenters. The van der Waals surface area contributed by atoms with Gasteiger partial charge in [0.1, 0.15) is 24.2 Å². The third-order valence-electron chi connectivity index (χ3n) is 6.69. The highest BCUT2D eigenvalue weighted by atomic mass is 16.5. The summed E-state index contributed by atoms with van der Waals surface area (Å²) < 4.78 is 20.4. The van der Waals surface area contributed by atoms with Crippen LogP contribution in [0, 0.1) is 0 Å². The number of benzene rings is 2. The SMILES string of the molecule is CCCCOc1cc(N(C)/N=C/c2cc[n+](C)c3ccccc23)c(OCCCC)cc1N1CCOCC1. The molecule has 4 rings (SSSR count). The van der Waals surface area contributed by atoms with Gasteiger partial charge in [-0.1, -0.05) is 38.8 Å². The van der Waals surface area contributed by atoms with Crippen LogP contribution in [0.25, 0.3) is 10.9 Å². The zero-order valence-corrected chi connectivity index (χ0v) is 22.8. The Labute approximate surface area is 221 Å². The molecule has 2 heterocycles. The highest BCUT2D eigenvalue weighted by Gasteiger charge is 2.21. The summed E-state index contributed by atoms with van der Waals surface area (Å²) in [4.78, 5) is 2.33. The molecule has 1 aliphatic rings. The summed E-state index contributed by atoms with van der Waals surface area (Å²) in [6.45, 7) is 8.81. The Kier molecular flexibility index (Phi) is 9.60. The highest BCUT2D eigenvalue weighted by Crippen LogP contribution is 2.41. The van der Waals surface area contributed by atoms with Crippen molar-refractivity contribution in [1.29, 1.82) is 0 Å². The Morgan fingerprint density at radius 3 is 2.43 bits per heavy atom. The Morgan fingerprint density at radius 1 is 1.00 bits per heavy atom. The summed E-state index contributed by atoms with van der Waals surface area (Å²) in [5.74, 6) is 1.69. The topological polar surface area (TPSA) is 50.4 Å². The Bertz CT molecular complexity index is 1190. The summed E-state index contributed by atoms with van der Waals surface area (Å²) in [5, 5.41) is 7.89. The summed E-state index contributed by atoms with van der Waals surface area (Å²) >= 11 is 0. The van der Waals surface area contributed by atoms with Gasteiger partial charge in [0.05, 0.1) is 43.7 Å². The zero-order chi connectivity index (χ0) is 26.0. The third kappa shape index (κ3) is 6.72. The molecule has 2 aromatic carbocycles. The van der Waals surface area contributed by atoms with Gasteiger partial charge in [0.15, 0.2) is 6.20 Å². The molecule has 0 N–H and O–H groups in total. The summed E-state index contributed by atoms with van der Waals surface area (Å²) in [5.41, 5.74) is 4.19. The van der Waals surface area contributed by atoms with Gasteiger partial charge in [-0.15, -0.1) is 0 Å². The molecule has 7 nitrogen and oxygen atoms in total. The fourth-order valence-electron chi connectivity index (χ4n) is 4.44. The van der Waals surface area contributed by atoms with Crippen LogP contribution < -0.4 is 23.9 Å². The lowest BCUT2D eigenvalue weighted by atomic mass is 10.1. The van der Waals surface area contributed by atoms with Crippen LogP contribution in [-0.2, 0) is 11.8 Å². The molecule has 0 atom stereocenters. The van der Waals surface area contributed by atoms with Gasteiger partial charge in [-0.3, -0.25) is 5.01 Å². The molecular formula is C30H41N4O3+. The minimum absolute atomic E-state index is 0.666. The molecule has 7 heteroatoms. The molecule has 0 radical (unpaired) electrons. The van der Waals surface area contributed by atoms with Gasteiger partial charge < -0.3 is 19.1 Å². The molecule has 0 bridgehead atoms. The van der Waals surface area contributed by atoms with Crippen molar-refractivity contribution in [2.45, 2.75) is 39.5 Å². The molecule has 3 aromatic rings. The number of para-hydroxylation sites is 1. The van der Waals surface area contributed by atoms with E-state index in [4.69, 9.17) is 19.3 Å². The second-order valence-corrected chi connectivity index (χ2v) is 9.46. The predicted octanol–water partition coefficient (Wildman–Crippen LogP) is 5.33. The van der Waals surface area contributed by atoms with Crippen molar-refractivity contribution in [1.82, 2.24) is 0 Å². The van der Waals surface area contributed by atoms with Crippen LogP contribution in [-0.4, -0.2) is 52.8 Å². The minimum atomic E-state index is 0.666. The largest absolute Gasteiger partial charge is 0.491 e. The van der Waals surface area contributed by atoms with Crippen LogP contribution >= 0.6 is 0 Å². The Morgan fingerprint density at radius 2 is 1.70 bits per heavy atom. The van der Waals surface area contributed by atoms with Crippen molar-refractivity contribution < 1.29 is 18.8 Å². The first-order valence-corrected chi connectivity index (χ1v) is 13.5.